The van der Waals surface area contributed by atoms with Crippen LogP contribution in [0.2, 0.25) is 0 Å². The standard InChI is InChI=1S/C20H30N2.2ClH/c1-14(2)18(12-15-6-4-3-5-7-15)19-13-20(19)22-17-10-8-16(21)9-11-17;;/h3-7,12,14,16-17,19-20,22H,8-11,13,21H2,1-2H3;2*1H/b18-12+;;/t16?,17?,19-,20+;;/m0../s1. The number of benzene rings is 1. The third-order valence-corrected chi connectivity index (χ3v) is 5.24. The van der Waals surface area contributed by atoms with E-state index < -0.39 is 0 Å². The van der Waals surface area contributed by atoms with Crippen LogP contribution in [-0.2, 0) is 0 Å². The lowest BCUT2D eigenvalue weighted by molar-refractivity contribution is 0.338. The summed E-state index contributed by atoms with van der Waals surface area (Å²) < 4.78 is 0. The van der Waals surface area contributed by atoms with Crippen molar-refractivity contribution in [2.75, 3.05) is 0 Å². The Hall–Kier alpha value is -0.540. The van der Waals surface area contributed by atoms with E-state index >= 15 is 0 Å². The van der Waals surface area contributed by atoms with E-state index in [1.807, 2.05) is 0 Å². The first kappa shape index (κ1) is 21.5. The largest absolute Gasteiger partial charge is 0.328 e. The predicted molar refractivity (Wildman–Crippen MR) is 109 cm³/mol. The van der Waals surface area contributed by atoms with Crippen LogP contribution in [0.15, 0.2) is 35.9 Å². The van der Waals surface area contributed by atoms with Crippen molar-refractivity contribution in [2.24, 2.45) is 17.6 Å². The van der Waals surface area contributed by atoms with Crippen LogP contribution in [0.5, 0.6) is 0 Å². The molecule has 2 aliphatic rings. The van der Waals surface area contributed by atoms with Gasteiger partial charge in [-0.05, 0) is 49.5 Å². The van der Waals surface area contributed by atoms with Gasteiger partial charge in [-0.2, -0.15) is 0 Å². The molecule has 0 spiro atoms. The lowest BCUT2D eigenvalue weighted by Crippen LogP contribution is -2.39. The summed E-state index contributed by atoms with van der Waals surface area (Å²) in [5.41, 5.74) is 8.95. The van der Waals surface area contributed by atoms with Gasteiger partial charge >= 0.3 is 0 Å². The summed E-state index contributed by atoms with van der Waals surface area (Å²) in [4.78, 5) is 0. The molecular weight excluding hydrogens is 339 g/mol. The number of nitrogens with one attached hydrogen (secondary N) is 1. The van der Waals surface area contributed by atoms with Gasteiger partial charge in [0.1, 0.15) is 0 Å². The first-order valence-corrected chi connectivity index (χ1v) is 8.91. The summed E-state index contributed by atoms with van der Waals surface area (Å²) >= 11 is 0. The number of hydrogen-bond donors (Lipinski definition) is 2. The number of hydrogen-bond acceptors (Lipinski definition) is 2. The highest BCUT2D eigenvalue weighted by molar-refractivity contribution is 5.85. The molecule has 2 atom stereocenters. The van der Waals surface area contributed by atoms with E-state index in [1.54, 1.807) is 5.57 Å². The molecule has 0 bridgehead atoms. The maximum atomic E-state index is 6.01. The van der Waals surface area contributed by atoms with E-state index in [4.69, 9.17) is 5.73 Å². The zero-order valence-corrected chi connectivity index (χ0v) is 16.4. The normalized spacial score (nSPS) is 29.6. The first-order valence-electron chi connectivity index (χ1n) is 8.91. The molecule has 2 aliphatic carbocycles. The van der Waals surface area contributed by atoms with Gasteiger partial charge in [-0.25, -0.2) is 0 Å². The van der Waals surface area contributed by atoms with Crippen molar-refractivity contribution in [3.63, 3.8) is 0 Å². The molecule has 24 heavy (non-hydrogen) atoms. The summed E-state index contributed by atoms with van der Waals surface area (Å²) in [6.07, 6.45) is 8.60. The summed E-state index contributed by atoms with van der Waals surface area (Å²) in [6.45, 7) is 4.65. The fraction of sp³-hybridized carbons (Fsp3) is 0.600. The molecule has 3 N–H and O–H groups in total. The smallest absolute Gasteiger partial charge is 0.0142 e. The Kier molecular flexibility index (Phi) is 8.80. The molecule has 0 radical (unpaired) electrons. The Bertz CT molecular complexity index is 508. The van der Waals surface area contributed by atoms with Crippen LogP contribution >= 0.6 is 24.8 Å². The summed E-state index contributed by atoms with van der Waals surface area (Å²) in [6, 6.07) is 12.6. The zero-order valence-electron chi connectivity index (χ0n) is 14.8. The number of halogens is 2. The molecule has 2 fully saturated rings. The molecule has 4 heteroatoms. The topological polar surface area (TPSA) is 38.0 Å². The fourth-order valence-electron chi connectivity index (χ4n) is 3.78. The van der Waals surface area contributed by atoms with Crippen LogP contribution in [0.3, 0.4) is 0 Å². The Morgan fingerprint density at radius 3 is 2.29 bits per heavy atom. The number of nitrogens with two attached hydrogens (primary N) is 1. The van der Waals surface area contributed by atoms with E-state index in [-0.39, 0.29) is 24.8 Å². The average molecular weight is 371 g/mol. The summed E-state index contributed by atoms with van der Waals surface area (Å²) in [5, 5.41) is 3.89. The van der Waals surface area contributed by atoms with Crippen molar-refractivity contribution < 1.29 is 0 Å². The fourth-order valence-corrected chi connectivity index (χ4v) is 3.78. The van der Waals surface area contributed by atoms with E-state index in [0.717, 1.165) is 5.92 Å². The highest BCUT2D eigenvalue weighted by atomic mass is 35.5. The Morgan fingerprint density at radius 1 is 1.08 bits per heavy atom. The van der Waals surface area contributed by atoms with E-state index in [0.29, 0.717) is 24.0 Å². The highest BCUT2D eigenvalue weighted by Gasteiger charge is 2.41. The van der Waals surface area contributed by atoms with Gasteiger partial charge in [-0.1, -0.05) is 55.8 Å². The SMILES string of the molecule is CC(C)/C(=C\c1ccccc1)[C@@H]1C[C@H]1NC1CCC(N)CC1.Cl.Cl. The van der Waals surface area contributed by atoms with Crippen molar-refractivity contribution in [3.8, 4) is 0 Å². The Morgan fingerprint density at radius 2 is 1.71 bits per heavy atom. The molecule has 1 aromatic rings. The maximum Gasteiger partial charge on any atom is 0.0142 e. The minimum Gasteiger partial charge on any atom is -0.328 e. The third kappa shape index (κ3) is 5.77. The molecule has 136 valence electrons. The second-order valence-electron chi connectivity index (χ2n) is 7.44. The van der Waals surface area contributed by atoms with Gasteiger partial charge in [0.25, 0.3) is 0 Å². The summed E-state index contributed by atoms with van der Waals surface area (Å²) in [5.74, 6) is 1.35. The quantitative estimate of drug-likeness (QED) is 0.779. The lowest BCUT2D eigenvalue weighted by Gasteiger charge is -2.27. The minimum atomic E-state index is 0. The zero-order chi connectivity index (χ0) is 15.5. The molecule has 0 unspecified atom stereocenters. The molecule has 0 heterocycles. The molecule has 2 saturated carbocycles. The van der Waals surface area contributed by atoms with Crippen LogP contribution in [0.25, 0.3) is 6.08 Å². The van der Waals surface area contributed by atoms with Crippen LogP contribution < -0.4 is 11.1 Å². The average Bonchev–Trinajstić information content (AvgIpc) is 3.27. The molecule has 3 rings (SSSR count). The number of rotatable bonds is 5. The summed E-state index contributed by atoms with van der Waals surface area (Å²) in [7, 11) is 0. The minimum absolute atomic E-state index is 0. The van der Waals surface area contributed by atoms with Gasteiger partial charge < -0.3 is 11.1 Å². The van der Waals surface area contributed by atoms with Crippen LogP contribution in [0, 0.1) is 11.8 Å². The Labute approximate surface area is 159 Å². The third-order valence-electron chi connectivity index (χ3n) is 5.24. The van der Waals surface area contributed by atoms with Crippen molar-refractivity contribution >= 4 is 30.9 Å². The molecule has 0 amide bonds. The van der Waals surface area contributed by atoms with Gasteiger partial charge in [0.2, 0.25) is 0 Å². The van der Waals surface area contributed by atoms with Gasteiger partial charge in [-0.15, -0.1) is 24.8 Å². The van der Waals surface area contributed by atoms with Gasteiger partial charge in [-0.3, -0.25) is 0 Å². The molecule has 2 nitrogen and oxygen atoms in total. The second-order valence-corrected chi connectivity index (χ2v) is 7.44. The maximum absolute atomic E-state index is 6.01. The van der Waals surface area contributed by atoms with E-state index in [1.165, 1.54) is 37.7 Å². The van der Waals surface area contributed by atoms with Gasteiger partial charge in [0.05, 0.1) is 0 Å². The van der Waals surface area contributed by atoms with Gasteiger partial charge in [0.15, 0.2) is 0 Å². The molecule has 0 aromatic heterocycles. The van der Waals surface area contributed by atoms with Crippen molar-refractivity contribution in [3.05, 3.63) is 41.5 Å². The molecule has 0 aliphatic heterocycles. The predicted octanol–water partition coefficient (Wildman–Crippen LogP) is 4.82. The highest BCUT2D eigenvalue weighted by Crippen LogP contribution is 2.42. The first-order chi connectivity index (χ1) is 10.6. The second kappa shape index (κ2) is 9.82. The van der Waals surface area contributed by atoms with Crippen molar-refractivity contribution in [1.82, 2.24) is 5.32 Å². The Balaban J connectivity index is 0.00000144. The lowest BCUT2D eigenvalue weighted by atomic mass is 9.91. The van der Waals surface area contributed by atoms with Crippen LogP contribution in [0.1, 0.15) is 51.5 Å². The molecule has 0 saturated heterocycles. The van der Waals surface area contributed by atoms with E-state index in [2.05, 4.69) is 55.6 Å². The van der Waals surface area contributed by atoms with E-state index in [9.17, 15) is 0 Å². The molecular formula is C20H32Cl2N2. The monoisotopic (exact) mass is 370 g/mol. The van der Waals surface area contributed by atoms with Crippen LogP contribution in [-0.4, -0.2) is 18.1 Å². The molecule has 1 aromatic carbocycles. The van der Waals surface area contributed by atoms with Crippen LogP contribution in [0.4, 0.5) is 0 Å². The van der Waals surface area contributed by atoms with Crippen molar-refractivity contribution in [2.45, 2.75) is 64.1 Å². The van der Waals surface area contributed by atoms with Gasteiger partial charge in [0, 0.05) is 18.1 Å². The van der Waals surface area contributed by atoms with Crippen molar-refractivity contribution in [1.29, 1.82) is 0 Å².